The summed E-state index contributed by atoms with van der Waals surface area (Å²) < 4.78 is 4.52. The minimum atomic E-state index is 0.833. The fraction of sp³-hybridized carbons (Fsp3) is 0.344. The first-order valence-electron chi connectivity index (χ1n) is 12.7. The highest BCUT2D eigenvalue weighted by Crippen LogP contribution is 2.32. The molecule has 186 valence electrons. The van der Waals surface area contributed by atoms with Crippen LogP contribution in [0, 0.1) is 33.6 Å². The minimum Gasteiger partial charge on any atom is -0.232 e. The molecule has 2 nitrogen and oxygen atoms in total. The molecule has 0 aliphatic rings. The van der Waals surface area contributed by atoms with Gasteiger partial charge in [-0.3, -0.25) is 0 Å². The maximum absolute atomic E-state index is 2.32. The van der Waals surface area contributed by atoms with Gasteiger partial charge in [0.15, 0.2) is 0 Å². The molecule has 1 heterocycles. The smallest absolute Gasteiger partial charge is 0.232 e. The Morgan fingerprint density at radius 2 is 1.31 bits per heavy atom. The number of aryl methyl sites for hydroxylation is 5. The monoisotopic (exact) mass is 487 g/mol. The number of aromatic nitrogens is 2. The van der Waals surface area contributed by atoms with Crippen LogP contribution >= 0.6 is 11.8 Å². The molecule has 0 spiro atoms. The molecule has 3 aromatic carbocycles. The number of imidazole rings is 1. The van der Waals surface area contributed by atoms with E-state index in [9.17, 15) is 0 Å². The van der Waals surface area contributed by atoms with E-state index in [0.29, 0.717) is 0 Å². The van der Waals surface area contributed by atoms with Crippen LogP contribution < -0.4 is 4.57 Å². The second kappa shape index (κ2) is 13.3. The molecular formula is C32H43N2S+. The predicted octanol–water partition coefficient (Wildman–Crippen LogP) is 9.04. The zero-order chi connectivity index (χ0) is 26.1. The third-order valence-corrected chi connectivity index (χ3v) is 6.22. The Morgan fingerprint density at radius 3 is 1.89 bits per heavy atom. The third kappa shape index (κ3) is 7.86. The molecule has 35 heavy (non-hydrogen) atoms. The van der Waals surface area contributed by atoms with E-state index >= 15 is 0 Å². The molecule has 0 fully saturated rings. The van der Waals surface area contributed by atoms with E-state index in [2.05, 4.69) is 138 Å². The van der Waals surface area contributed by atoms with Gasteiger partial charge in [0.25, 0.3) is 5.82 Å². The lowest BCUT2D eigenvalue weighted by molar-refractivity contribution is -0.659. The molecule has 0 amide bonds. The number of benzene rings is 3. The molecule has 0 radical (unpaired) electrons. The predicted molar refractivity (Wildman–Crippen MR) is 154 cm³/mol. The lowest BCUT2D eigenvalue weighted by Crippen LogP contribution is -2.29. The van der Waals surface area contributed by atoms with Gasteiger partial charge in [-0.2, -0.15) is 4.57 Å². The van der Waals surface area contributed by atoms with Gasteiger partial charge in [-0.25, -0.2) is 4.57 Å². The fourth-order valence-electron chi connectivity index (χ4n) is 3.99. The fourth-order valence-corrected chi connectivity index (χ4v) is 4.87. The lowest BCUT2D eigenvalue weighted by atomic mass is 10.0. The lowest BCUT2D eigenvalue weighted by Gasteiger charge is -2.11. The molecule has 0 aliphatic carbocycles. The Kier molecular flexibility index (Phi) is 10.9. The van der Waals surface area contributed by atoms with Gasteiger partial charge >= 0.3 is 0 Å². The average molecular weight is 488 g/mol. The van der Waals surface area contributed by atoms with Gasteiger partial charge in [-0.15, -0.1) is 0 Å². The second-order valence-electron chi connectivity index (χ2n) is 9.52. The van der Waals surface area contributed by atoms with Gasteiger partial charge in [0.05, 0.1) is 12.6 Å². The summed E-state index contributed by atoms with van der Waals surface area (Å²) in [5.41, 5.74) is 7.67. The third-order valence-electron chi connectivity index (χ3n) is 5.23. The van der Waals surface area contributed by atoms with Gasteiger partial charge < -0.3 is 0 Å². The van der Waals surface area contributed by atoms with Gasteiger partial charge in [0.2, 0.25) is 0 Å². The van der Waals surface area contributed by atoms with Crippen molar-refractivity contribution in [3.05, 3.63) is 95.3 Å². The SMILES string of the molecule is CC.CC(C)C.Cc1ccc(Sc2cccc(-c3n(-c4c(C)cc(C)cc4C)cc[n+]3C)c2)cc1. The molecule has 1 aromatic heterocycles. The Bertz CT molecular complexity index is 1190. The first kappa shape index (κ1) is 28.5. The molecule has 4 aromatic rings. The van der Waals surface area contributed by atoms with Crippen LogP contribution in [-0.4, -0.2) is 4.57 Å². The first-order chi connectivity index (χ1) is 16.7. The van der Waals surface area contributed by atoms with Crippen molar-refractivity contribution in [3.8, 4) is 17.1 Å². The van der Waals surface area contributed by atoms with Gasteiger partial charge in [0, 0.05) is 9.79 Å². The molecule has 0 unspecified atom stereocenters. The van der Waals surface area contributed by atoms with E-state index < -0.39 is 0 Å². The summed E-state index contributed by atoms with van der Waals surface area (Å²) in [4.78, 5) is 2.51. The molecule has 3 heteroatoms. The first-order valence-corrected chi connectivity index (χ1v) is 13.5. The number of hydrogen-bond donors (Lipinski definition) is 0. The van der Waals surface area contributed by atoms with Gasteiger partial charge in [-0.05, 0) is 75.1 Å². The van der Waals surface area contributed by atoms with Crippen molar-refractivity contribution in [3.63, 3.8) is 0 Å². The van der Waals surface area contributed by atoms with E-state index in [0.717, 1.165) is 5.92 Å². The Morgan fingerprint density at radius 1 is 0.743 bits per heavy atom. The maximum Gasteiger partial charge on any atom is 0.293 e. The van der Waals surface area contributed by atoms with Crippen LogP contribution in [0.25, 0.3) is 17.1 Å². The summed E-state index contributed by atoms with van der Waals surface area (Å²) in [5, 5.41) is 0. The van der Waals surface area contributed by atoms with E-state index in [1.54, 1.807) is 11.8 Å². The van der Waals surface area contributed by atoms with Crippen molar-refractivity contribution in [1.29, 1.82) is 0 Å². The number of hydrogen-bond acceptors (Lipinski definition) is 1. The molecule has 0 aliphatic heterocycles. The molecule has 0 bridgehead atoms. The molecule has 0 saturated heterocycles. The summed E-state index contributed by atoms with van der Waals surface area (Å²) in [5.74, 6) is 2.02. The normalized spacial score (nSPS) is 10.4. The average Bonchev–Trinajstić information content (AvgIpc) is 3.17. The van der Waals surface area contributed by atoms with Crippen LogP contribution in [0.3, 0.4) is 0 Å². The van der Waals surface area contributed by atoms with Crippen molar-refractivity contribution in [2.75, 3.05) is 0 Å². The summed E-state index contributed by atoms with van der Waals surface area (Å²) in [6.45, 7) is 19.2. The van der Waals surface area contributed by atoms with Crippen molar-refractivity contribution >= 4 is 11.8 Å². The van der Waals surface area contributed by atoms with Gasteiger partial charge in [-0.1, -0.05) is 87.8 Å². The number of nitrogens with zero attached hydrogens (tertiary/aromatic N) is 2. The summed E-state index contributed by atoms with van der Waals surface area (Å²) in [6, 6.07) is 22.1. The standard InChI is InChI=1S/C26H27N2S.C4H10.C2H6/c1-18-9-11-23(12-10-18)29-24-8-6-7-22(17-24)26-27(5)13-14-28(26)25-20(3)15-19(2)16-21(25)4;1-4(2)3;1-2/h6-17H,1-5H3;4H,1-3H3;1-2H3/q+1;;. The zero-order valence-electron chi connectivity index (χ0n) is 23.3. The highest BCUT2D eigenvalue weighted by atomic mass is 32.2. The van der Waals surface area contributed by atoms with Crippen LogP contribution in [0.5, 0.6) is 0 Å². The van der Waals surface area contributed by atoms with Crippen molar-refractivity contribution < 1.29 is 4.57 Å². The highest BCUT2D eigenvalue weighted by molar-refractivity contribution is 7.99. The number of rotatable bonds is 4. The quantitative estimate of drug-likeness (QED) is 0.261. The largest absolute Gasteiger partial charge is 0.293 e. The van der Waals surface area contributed by atoms with Crippen LogP contribution in [0.1, 0.15) is 56.9 Å². The van der Waals surface area contributed by atoms with E-state index in [1.165, 1.54) is 49.1 Å². The van der Waals surface area contributed by atoms with E-state index in [-0.39, 0.29) is 0 Å². The second-order valence-corrected chi connectivity index (χ2v) is 10.7. The highest BCUT2D eigenvalue weighted by Gasteiger charge is 2.22. The molecular weight excluding hydrogens is 444 g/mol. The van der Waals surface area contributed by atoms with Gasteiger partial charge in [0.1, 0.15) is 18.1 Å². The molecule has 0 atom stereocenters. The topological polar surface area (TPSA) is 8.81 Å². The zero-order valence-corrected chi connectivity index (χ0v) is 24.1. The minimum absolute atomic E-state index is 0.833. The van der Waals surface area contributed by atoms with Crippen molar-refractivity contribution in [1.82, 2.24) is 4.57 Å². The van der Waals surface area contributed by atoms with Crippen LogP contribution in [0.2, 0.25) is 0 Å². The Labute approximate surface area is 218 Å². The van der Waals surface area contributed by atoms with Crippen LogP contribution in [0.4, 0.5) is 0 Å². The van der Waals surface area contributed by atoms with Crippen molar-refractivity contribution in [2.24, 2.45) is 13.0 Å². The van der Waals surface area contributed by atoms with Crippen LogP contribution in [-0.2, 0) is 7.05 Å². The summed E-state index contributed by atoms with van der Waals surface area (Å²) >= 11 is 1.81. The van der Waals surface area contributed by atoms with Crippen LogP contribution in [0.15, 0.2) is 82.8 Å². The summed E-state index contributed by atoms with van der Waals surface area (Å²) in [6.07, 6.45) is 4.30. The summed E-state index contributed by atoms with van der Waals surface area (Å²) in [7, 11) is 2.12. The van der Waals surface area contributed by atoms with Crippen molar-refractivity contribution in [2.45, 2.75) is 72.1 Å². The van der Waals surface area contributed by atoms with E-state index in [4.69, 9.17) is 0 Å². The van der Waals surface area contributed by atoms with E-state index in [1.807, 2.05) is 13.8 Å². The Balaban J connectivity index is 0.000000655. The molecule has 4 rings (SSSR count). The maximum atomic E-state index is 2.32. The molecule has 0 saturated carbocycles. The molecule has 0 N–H and O–H groups in total. The Hall–Kier alpha value is -2.78.